The fraction of sp³-hybridized carbons (Fsp3) is 0.188. The highest BCUT2D eigenvalue weighted by molar-refractivity contribution is 5.88. The molecule has 1 amide bonds. The van der Waals surface area contributed by atoms with Gasteiger partial charge in [-0.3, -0.25) is 4.79 Å². The normalized spacial score (nSPS) is 10.1. The van der Waals surface area contributed by atoms with Crippen molar-refractivity contribution < 1.29 is 9.90 Å². The largest absolute Gasteiger partial charge is 0.508 e. The topological polar surface area (TPSA) is 61.4 Å². The zero-order chi connectivity index (χ0) is 14.5. The van der Waals surface area contributed by atoms with E-state index < -0.39 is 0 Å². The number of hydrogen-bond donors (Lipinski definition) is 3. The second-order valence-corrected chi connectivity index (χ2v) is 4.73. The minimum absolute atomic E-state index is 0.0778. The van der Waals surface area contributed by atoms with Gasteiger partial charge in [0.15, 0.2) is 0 Å². The van der Waals surface area contributed by atoms with Crippen molar-refractivity contribution in [1.82, 2.24) is 0 Å². The second-order valence-electron chi connectivity index (χ2n) is 4.73. The molecule has 0 unspecified atom stereocenters. The molecule has 0 saturated carbocycles. The Balaban J connectivity index is 1.96. The third-order valence-corrected chi connectivity index (χ3v) is 2.98. The first-order valence-electron chi connectivity index (χ1n) is 6.44. The quantitative estimate of drug-likeness (QED) is 0.799. The standard InChI is InChI=1S/C16H18N2O2/c1-11-3-6-15(9-16(11)20)17-10-13-4-7-14(8-5-13)18-12(2)19/h3-9,17,20H,10H2,1-2H3,(H,18,19). The summed E-state index contributed by atoms with van der Waals surface area (Å²) < 4.78 is 0. The molecule has 0 bridgehead atoms. The van der Waals surface area contributed by atoms with Gasteiger partial charge >= 0.3 is 0 Å². The number of hydrogen-bond acceptors (Lipinski definition) is 3. The number of amides is 1. The number of benzene rings is 2. The summed E-state index contributed by atoms with van der Waals surface area (Å²) in [5, 5.41) is 15.6. The van der Waals surface area contributed by atoms with Gasteiger partial charge in [-0.2, -0.15) is 0 Å². The first-order chi connectivity index (χ1) is 9.54. The van der Waals surface area contributed by atoms with Crippen LogP contribution in [0.15, 0.2) is 42.5 Å². The van der Waals surface area contributed by atoms with E-state index in [1.54, 1.807) is 6.07 Å². The van der Waals surface area contributed by atoms with Gasteiger partial charge in [0.1, 0.15) is 5.75 Å². The predicted molar refractivity (Wildman–Crippen MR) is 80.9 cm³/mol. The van der Waals surface area contributed by atoms with E-state index in [9.17, 15) is 9.90 Å². The van der Waals surface area contributed by atoms with E-state index in [0.717, 1.165) is 22.5 Å². The molecule has 0 aliphatic rings. The van der Waals surface area contributed by atoms with Gasteiger partial charge in [-0.1, -0.05) is 18.2 Å². The van der Waals surface area contributed by atoms with Crippen molar-refractivity contribution in [1.29, 1.82) is 0 Å². The van der Waals surface area contributed by atoms with Crippen LogP contribution in [0.5, 0.6) is 5.75 Å². The molecule has 4 heteroatoms. The summed E-state index contributed by atoms with van der Waals surface area (Å²) in [6, 6.07) is 13.1. The molecule has 0 aliphatic heterocycles. The Kier molecular flexibility index (Phi) is 4.25. The number of carbonyl (C=O) groups excluding carboxylic acids is 1. The van der Waals surface area contributed by atoms with Crippen molar-refractivity contribution in [2.45, 2.75) is 20.4 Å². The summed E-state index contributed by atoms with van der Waals surface area (Å²) in [5.41, 5.74) is 3.61. The second kappa shape index (κ2) is 6.10. The Bertz CT molecular complexity index is 606. The van der Waals surface area contributed by atoms with Crippen molar-refractivity contribution in [2.24, 2.45) is 0 Å². The SMILES string of the molecule is CC(=O)Nc1ccc(CNc2ccc(C)c(O)c2)cc1. The number of aromatic hydroxyl groups is 1. The minimum Gasteiger partial charge on any atom is -0.508 e. The molecule has 0 radical (unpaired) electrons. The fourth-order valence-electron chi connectivity index (χ4n) is 1.83. The maximum absolute atomic E-state index is 10.9. The summed E-state index contributed by atoms with van der Waals surface area (Å²) in [4.78, 5) is 10.9. The summed E-state index contributed by atoms with van der Waals surface area (Å²) in [7, 11) is 0. The maximum atomic E-state index is 10.9. The van der Waals surface area contributed by atoms with Gasteiger partial charge in [0.2, 0.25) is 5.91 Å². The highest BCUT2D eigenvalue weighted by atomic mass is 16.3. The molecule has 0 aliphatic carbocycles. The van der Waals surface area contributed by atoms with Crippen LogP contribution >= 0.6 is 0 Å². The lowest BCUT2D eigenvalue weighted by atomic mass is 10.1. The van der Waals surface area contributed by atoms with E-state index in [1.165, 1.54) is 6.92 Å². The van der Waals surface area contributed by atoms with Crippen LogP contribution in [0.4, 0.5) is 11.4 Å². The lowest BCUT2D eigenvalue weighted by Gasteiger charge is -2.09. The van der Waals surface area contributed by atoms with Crippen molar-refractivity contribution in [3.05, 3.63) is 53.6 Å². The van der Waals surface area contributed by atoms with E-state index in [-0.39, 0.29) is 11.7 Å². The Morgan fingerprint density at radius 2 is 1.75 bits per heavy atom. The molecule has 2 aromatic rings. The van der Waals surface area contributed by atoms with Crippen LogP contribution in [0.1, 0.15) is 18.1 Å². The van der Waals surface area contributed by atoms with Gasteiger partial charge in [0.25, 0.3) is 0 Å². The van der Waals surface area contributed by atoms with E-state index in [2.05, 4.69) is 10.6 Å². The molecular weight excluding hydrogens is 252 g/mol. The molecule has 104 valence electrons. The lowest BCUT2D eigenvalue weighted by Crippen LogP contribution is -2.06. The third kappa shape index (κ3) is 3.75. The van der Waals surface area contributed by atoms with Gasteiger partial charge < -0.3 is 15.7 Å². The molecule has 2 rings (SSSR count). The van der Waals surface area contributed by atoms with Crippen molar-refractivity contribution in [3.8, 4) is 5.75 Å². The van der Waals surface area contributed by atoms with Crippen LogP contribution in [0.3, 0.4) is 0 Å². The van der Waals surface area contributed by atoms with Crippen LogP contribution in [0, 0.1) is 6.92 Å². The summed E-state index contributed by atoms with van der Waals surface area (Å²) in [6.45, 7) is 4.00. The highest BCUT2D eigenvalue weighted by Crippen LogP contribution is 2.21. The minimum atomic E-state index is -0.0778. The van der Waals surface area contributed by atoms with Gasteiger partial charge in [-0.15, -0.1) is 0 Å². The van der Waals surface area contributed by atoms with Crippen molar-refractivity contribution in [3.63, 3.8) is 0 Å². The molecule has 0 saturated heterocycles. The molecule has 2 aromatic carbocycles. The molecule has 0 heterocycles. The number of phenols is 1. The van der Waals surface area contributed by atoms with Crippen LogP contribution in [-0.2, 0) is 11.3 Å². The molecule has 4 nitrogen and oxygen atoms in total. The smallest absolute Gasteiger partial charge is 0.221 e. The number of aryl methyl sites for hydroxylation is 1. The third-order valence-electron chi connectivity index (χ3n) is 2.98. The lowest BCUT2D eigenvalue weighted by molar-refractivity contribution is -0.114. The van der Waals surface area contributed by atoms with Crippen molar-refractivity contribution >= 4 is 17.3 Å². The molecule has 0 aromatic heterocycles. The van der Waals surface area contributed by atoms with Gasteiger partial charge in [0.05, 0.1) is 0 Å². The molecule has 0 fully saturated rings. The number of anilines is 2. The molecule has 0 spiro atoms. The molecule has 20 heavy (non-hydrogen) atoms. The van der Waals surface area contributed by atoms with Gasteiger partial charge in [-0.05, 0) is 36.2 Å². The predicted octanol–water partition coefficient (Wildman–Crippen LogP) is 3.27. The average molecular weight is 270 g/mol. The summed E-state index contributed by atoms with van der Waals surface area (Å²) in [6.07, 6.45) is 0. The number of rotatable bonds is 4. The zero-order valence-corrected chi connectivity index (χ0v) is 11.6. The molecule has 3 N–H and O–H groups in total. The Hall–Kier alpha value is -2.49. The van der Waals surface area contributed by atoms with E-state index >= 15 is 0 Å². The maximum Gasteiger partial charge on any atom is 0.221 e. The van der Waals surface area contributed by atoms with E-state index in [1.807, 2.05) is 43.3 Å². The Labute approximate surface area is 118 Å². The van der Waals surface area contributed by atoms with Crippen molar-refractivity contribution in [2.75, 3.05) is 10.6 Å². The van der Waals surface area contributed by atoms with Crippen LogP contribution in [0.2, 0.25) is 0 Å². The van der Waals surface area contributed by atoms with E-state index in [0.29, 0.717) is 6.54 Å². The zero-order valence-electron chi connectivity index (χ0n) is 11.6. The first kappa shape index (κ1) is 13.9. The van der Waals surface area contributed by atoms with Crippen LogP contribution in [0.25, 0.3) is 0 Å². The van der Waals surface area contributed by atoms with Crippen LogP contribution in [-0.4, -0.2) is 11.0 Å². The highest BCUT2D eigenvalue weighted by Gasteiger charge is 1.99. The monoisotopic (exact) mass is 270 g/mol. The Morgan fingerprint density at radius 3 is 2.35 bits per heavy atom. The summed E-state index contributed by atoms with van der Waals surface area (Å²) in [5.74, 6) is 0.210. The number of carbonyl (C=O) groups is 1. The van der Waals surface area contributed by atoms with E-state index in [4.69, 9.17) is 0 Å². The van der Waals surface area contributed by atoms with Gasteiger partial charge in [0, 0.05) is 30.9 Å². The molecular formula is C16H18N2O2. The fourth-order valence-corrected chi connectivity index (χ4v) is 1.83. The van der Waals surface area contributed by atoms with Crippen LogP contribution < -0.4 is 10.6 Å². The van der Waals surface area contributed by atoms with Gasteiger partial charge in [-0.25, -0.2) is 0 Å². The molecule has 0 atom stereocenters. The summed E-state index contributed by atoms with van der Waals surface area (Å²) >= 11 is 0. The average Bonchev–Trinajstić information content (AvgIpc) is 2.41. The Morgan fingerprint density at radius 1 is 1.10 bits per heavy atom. The number of nitrogens with one attached hydrogen (secondary N) is 2. The number of phenolic OH excluding ortho intramolecular Hbond substituents is 1. The first-order valence-corrected chi connectivity index (χ1v) is 6.44.